The summed E-state index contributed by atoms with van der Waals surface area (Å²) < 4.78 is 28.1. The first-order chi connectivity index (χ1) is 9.65. The Morgan fingerprint density at radius 1 is 1.20 bits per heavy atom. The zero-order valence-corrected chi connectivity index (χ0v) is 12.8. The standard InChI is InChI=1S/C14H18N2O2S2/c17-20(18)13-9-5-4-8-12(13)15-14(16-20)10-19-11-6-2-1-3-7-11/h4-5,8-9,11H,1-3,6-7,10H2,(H,15,16). The molecular formula is C14H18N2O2S2. The summed E-state index contributed by atoms with van der Waals surface area (Å²) in [6.45, 7) is 0. The lowest BCUT2D eigenvalue weighted by molar-refractivity contribution is 0.516. The largest absolute Gasteiger partial charge is 0.341 e. The van der Waals surface area contributed by atoms with E-state index in [1.54, 1.807) is 18.2 Å². The number of hydrogen-bond acceptors (Lipinski definition) is 4. The summed E-state index contributed by atoms with van der Waals surface area (Å²) in [5, 5.41) is 3.79. The molecule has 0 atom stereocenters. The second-order valence-electron chi connectivity index (χ2n) is 5.21. The molecule has 1 aliphatic carbocycles. The monoisotopic (exact) mass is 310 g/mol. The summed E-state index contributed by atoms with van der Waals surface area (Å²) in [7, 11) is -3.53. The zero-order valence-electron chi connectivity index (χ0n) is 11.2. The molecule has 1 N–H and O–H groups in total. The van der Waals surface area contributed by atoms with Gasteiger partial charge < -0.3 is 5.32 Å². The number of nitrogens with zero attached hydrogens (tertiary/aromatic N) is 1. The molecule has 1 aliphatic heterocycles. The van der Waals surface area contributed by atoms with E-state index in [4.69, 9.17) is 0 Å². The molecule has 1 fully saturated rings. The molecule has 2 aliphatic rings. The maximum Gasteiger partial charge on any atom is 0.286 e. The van der Waals surface area contributed by atoms with Crippen molar-refractivity contribution in [1.29, 1.82) is 0 Å². The van der Waals surface area contributed by atoms with Crippen LogP contribution in [0.25, 0.3) is 0 Å². The van der Waals surface area contributed by atoms with Crippen LogP contribution in [0.4, 0.5) is 5.69 Å². The average Bonchev–Trinajstić information content (AvgIpc) is 2.46. The fourth-order valence-electron chi connectivity index (χ4n) is 2.66. The maximum atomic E-state index is 12.1. The highest BCUT2D eigenvalue weighted by Crippen LogP contribution is 2.31. The van der Waals surface area contributed by atoms with Gasteiger partial charge in [0.25, 0.3) is 10.0 Å². The van der Waals surface area contributed by atoms with Gasteiger partial charge in [-0.1, -0.05) is 31.4 Å². The number of anilines is 1. The van der Waals surface area contributed by atoms with Crippen LogP contribution in [0.5, 0.6) is 0 Å². The number of amidine groups is 1. The lowest BCUT2D eigenvalue weighted by atomic mass is 10.0. The molecular weight excluding hydrogens is 292 g/mol. The van der Waals surface area contributed by atoms with Gasteiger partial charge in [-0.3, -0.25) is 0 Å². The van der Waals surface area contributed by atoms with Crippen molar-refractivity contribution in [3.63, 3.8) is 0 Å². The Labute approximate surface area is 124 Å². The Morgan fingerprint density at radius 3 is 2.75 bits per heavy atom. The summed E-state index contributed by atoms with van der Waals surface area (Å²) in [6.07, 6.45) is 6.39. The van der Waals surface area contributed by atoms with Crippen LogP contribution in [-0.2, 0) is 10.0 Å². The summed E-state index contributed by atoms with van der Waals surface area (Å²) >= 11 is 1.82. The molecule has 1 aromatic carbocycles. The summed E-state index contributed by atoms with van der Waals surface area (Å²) in [5.74, 6) is 1.19. The Kier molecular flexibility index (Phi) is 4.03. The highest BCUT2D eigenvalue weighted by atomic mass is 32.2. The number of thioether (sulfide) groups is 1. The SMILES string of the molecule is O=S1(=O)N=C(CSC2CCCCC2)Nc2ccccc21. The number of benzene rings is 1. The number of nitrogens with one attached hydrogen (secondary N) is 1. The maximum absolute atomic E-state index is 12.1. The average molecular weight is 310 g/mol. The van der Waals surface area contributed by atoms with Gasteiger partial charge in [0.05, 0.1) is 11.4 Å². The van der Waals surface area contributed by atoms with Gasteiger partial charge in [0, 0.05) is 5.25 Å². The van der Waals surface area contributed by atoms with Crippen LogP contribution >= 0.6 is 11.8 Å². The van der Waals surface area contributed by atoms with E-state index in [0.29, 0.717) is 22.5 Å². The van der Waals surface area contributed by atoms with E-state index in [2.05, 4.69) is 9.71 Å². The smallest absolute Gasteiger partial charge is 0.286 e. The van der Waals surface area contributed by atoms with Crippen molar-refractivity contribution >= 4 is 33.3 Å². The summed E-state index contributed by atoms with van der Waals surface area (Å²) in [4.78, 5) is 0.270. The molecule has 0 saturated heterocycles. The van der Waals surface area contributed by atoms with Gasteiger partial charge >= 0.3 is 0 Å². The predicted octanol–water partition coefficient (Wildman–Crippen LogP) is 3.27. The van der Waals surface area contributed by atoms with Crippen LogP contribution in [0.15, 0.2) is 33.6 Å². The van der Waals surface area contributed by atoms with Gasteiger partial charge in [0.15, 0.2) is 0 Å². The van der Waals surface area contributed by atoms with E-state index in [0.717, 1.165) is 0 Å². The van der Waals surface area contributed by atoms with Crippen molar-refractivity contribution in [3.05, 3.63) is 24.3 Å². The summed E-state index contributed by atoms with van der Waals surface area (Å²) in [5.41, 5.74) is 0.641. The van der Waals surface area contributed by atoms with Gasteiger partial charge in [0.2, 0.25) is 0 Å². The predicted molar refractivity (Wildman–Crippen MR) is 84.0 cm³/mol. The molecule has 0 aromatic heterocycles. The lowest BCUT2D eigenvalue weighted by Gasteiger charge is -2.23. The van der Waals surface area contributed by atoms with Gasteiger partial charge in [-0.2, -0.15) is 20.2 Å². The molecule has 108 valence electrons. The molecule has 0 radical (unpaired) electrons. The van der Waals surface area contributed by atoms with Gasteiger partial charge in [0.1, 0.15) is 10.7 Å². The number of fused-ring (bicyclic) bond motifs is 1. The van der Waals surface area contributed by atoms with Gasteiger partial charge in [-0.25, -0.2) is 0 Å². The molecule has 3 rings (SSSR count). The van der Waals surface area contributed by atoms with Crippen molar-refractivity contribution in [1.82, 2.24) is 0 Å². The van der Waals surface area contributed by atoms with Gasteiger partial charge in [-0.05, 0) is 25.0 Å². The summed E-state index contributed by atoms with van der Waals surface area (Å²) in [6, 6.07) is 6.92. The first kappa shape index (κ1) is 13.9. The third kappa shape index (κ3) is 3.01. The zero-order chi connectivity index (χ0) is 14.0. The first-order valence-corrected chi connectivity index (χ1v) is 9.45. The molecule has 1 heterocycles. The lowest BCUT2D eigenvalue weighted by Crippen LogP contribution is -2.24. The second kappa shape index (κ2) is 5.77. The number of sulfonamides is 1. The third-order valence-corrected chi connectivity index (χ3v) is 6.44. The Balaban J connectivity index is 1.71. The van der Waals surface area contributed by atoms with Crippen LogP contribution in [0.1, 0.15) is 32.1 Å². The second-order valence-corrected chi connectivity index (χ2v) is 8.07. The van der Waals surface area contributed by atoms with E-state index in [9.17, 15) is 8.42 Å². The molecule has 4 nitrogen and oxygen atoms in total. The molecule has 1 aromatic rings. The fourth-order valence-corrected chi connectivity index (χ4v) is 5.08. The Hall–Kier alpha value is -1.01. The van der Waals surface area contributed by atoms with E-state index < -0.39 is 10.0 Å². The molecule has 0 unspecified atom stereocenters. The van der Waals surface area contributed by atoms with Crippen molar-refractivity contribution in [2.75, 3.05) is 11.1 Å². The van der Waals surface area contributed by atoms with Crippen molar-refractivity contribution in [2.45, 2.75) is 42.2 Å². The normalized spacial score (nSPS) is 21.7. The van der Waals surface area contributed by atoms with Crippen LogP contribution in [-0.4, -0.2) is 25.3 Å². The molecule has 0 spiro atoms. The van der Waals surface area contributed by atoms with Gasteiger partial charge in [-0.15, -0.1) is 4.40 Å². The topological polar surface area (TPSA) is 58.5 Å². The van der Waals surface area contributed by atoms with E-state index >= 15 is 0 Å². The quantitative estimate of drug-likeness (QED) is 0.931. The van der Waals surface area contributed by atoms with Crippen LogP contribution in [0, 0.1) is 0 Å². The van der Waals surface area contributed by atoms with Crippen LogP contribution in [0.3, 0.4) is 0 Å². The highest BCUT2D eigenvalue weighted by Gasteiger charge is 2.24. The first-order valence-electron chi connectivity index (χ1n) is 6.97. The molecule has 0 bridgehead atoms. The van der Waals surface area contributed by atoms with Crippen molar-refractivity contribution in [3.8, 4) is 0 Å². The van der Waals surface area contributed by atoms with Crippen LogP contribution < -0.4 is 5.32 Å². The molecule has 20 heavy (non-hydrogen) atoms. The minimum atomic E-state index is -3.53. The number of hydrogen-bond donors (Lipinski definition) is 1. The van der Waals surface area contributed by atoms with E-state index in [-0.39, 0.29) is 4.90 Å². The number of para-hydroxylation sites is 1. The third-order valence-electron chi connectivity index (χ3n) is 3.68. The van der Waals surface area contributed by atoms with Crippen molar-refractivity contribution in [2.24, 2.45) is 4.40 Å². The van der Waals surface area contributed by atoms with Crippen LogP contribution in [0.2, 0.25) is 0 Å². The Bertz CT molecular complexity index is 620. The minimum Gasteiger partial charge on any atom is -0.341 e. The van der Waals surface area contributed by atoms with Crippen molar-refractivity contribution < 1.29 is 8.42 Å². The minimum absolute atomic E-state index is 0.270. The Morgan fingerprint density at radius 2 is 1.95 bits per heavy atom. The number of rotatable bonds is 3. The highest BCUT2D eigenvalue weighted by molar-refractivity contribution is 8.00. The molecule has 6 heteroatoms. The fraction of sp³-hybridized carbons (Fsp3) is 0.500. The van der Waals surface area contributed by atoms with E-state index in [1.807, 2.05) is 17.8 Å². The molecule has 0 amide bonds. The molecule has 1 saturated carbocycles. The van der Waals surface area contributed by atoms with E-state index in [1.165, 1.54) is 32.1 Å².